The maximum atomic E-state index is 13.5. The van der Waals surface area contributed by atoms with E-state index in [0.29, 0.717) is 10.5 Å². The molecule has 1 amide bonds. The molecule has 2 rings (SSSR count). The lowest BCUT2D eigenvalue weighted by molar-refractivity contribution is -0.123. The average molecular weight is 363 g/mol. The monoisotopic (exact) mass is 363 g/mol. The molecule has 0 fully saturated rings. The molecule has 0 spiro atoms. The molecule has 5 nitrogen and oxygen atoms in total. The van der Waals surface area contributed by atoms with Gasteiger partial charge in [-0.1, -0.05) is 18.2 Å². The third kappa shape index (κ3) is 4.73. The molecule has 132 valence electrons. The summed E-state index contributed by atoms with van der Waals surface area (Å²) >= 11 is 0. The van der Waals surface area contributed by atoms with Gasteiger partial charge in [0, 0.05) is 11.9 Å². The molecular weight excluding hydrogens is 345 g/mol. The Morgan fingerprint density at radius 2 is 1.88 bits per heavy atom. The van der Waals surface area contributed by atoms with Crippen LogP contribution in [-0.2, 0) is 20.3 Å². The molecule has 1 N–H and O–H groups in total. The summed E-state index contributed by atoms with van der Waals surface area (Å²) < 4.78 is 30.3. The lowest BCUT2D eigenvalue weighted by Crippen LogP contribution is -2.30. The number of carbonyl (C=O) groups excluding carboxylic acids is 2. The van der Waals surface area contributed by atoms with Crippen LogP contribution in [0.5, 0.6) is 0 Å². The number of benzene rings is 2. The summed E-state index contributed by atoms with van der Waals surface area (Å²) in [6.45, 7) is 3.02. The molecule has 0 radical (unpaired) electrons. The highest BCUT2D eigenvalue weighted by molar-refractivity contribution is 7.84. The van der Waals surface area contributed by atoms with Gasteiger partial charge in [0.05, 0.1) is 21.3 Å². The minimum Gasteiger partial charge on any atom is -0.449 e. The van der Waals surface area contributed by atoms with E-state index in [-0.39, 0.29) is 11.3 Å². The number of aryl methyl sites for hydroxylation is 1. The van der Waals surface area contributed by atoms with E-state index in [1.165, 1.54) is 31.4 Å². The van der Waals surface area contributed by atoms with Gasteiger partial charge >= 0.3 is 5.97 Å². The number of esters is 1. The zero-order valence-electron chi connectivity index (χ0n) is 14.0. The first-order valence-electron chi connectivity index (χ1n) is 7.50. The van der Waals surface area contributed by atoms with E-state index in [0.717, 1.165) is 0 Å². The van der Waals surface area contributed by atoms with Crippen LogP contribution in [0.25, 0.3) is 0 Å². The van der Waals surface area contributed by atoms with Crippen LogP contribution in [0.2, 0.25) is 0 Å². The van der Waals surface area contributed by atoms with Crippen LogP contribution in [0.15, 0.2) is 47.4 Å². The van der Waals surface area contributed by atoms with Crippen LogP contribution in [-0.4, -0.2) is 28.4 Å². The van der Waals surface area contributed by atoms with Gasteiger partial charge < -0.3 is 10.1 Å². The van der Waals surface area contributed by atoms with E-state index in [1.54, 1.807) is 31.2 Å². The zero-order valence-corrected chi connectivity index (χ0v) is 14.9. The van der Waals surface area contributed by atoms with Crippen molar-refractivity contribution in [2.45, 2.75) is 24.8 Å². The van der Waals surface area contributed by atoms with Crippen LogP contribution in [0.1, 0.15) is 22.8 Å². The van der Waals surface area contributed by atoms with E-state index >= 15 is 0 Å². The number of amides is 1. The van der Waals surface area contributed by atoms with Gasteiger partial charge in [0.15, 0.2) is 6.10 Å². The smallest absolute Gasteiger partial charge is 0.340 e. The minimum absolute atomic E-state index is 0.143. The first kappa shape index (κ1) is 18.8. The SMILES string of the molecule is Cc1ccc(NC(=O)[C@@H](C)OC(=O)c2ccccc2[S@@](C)=O)cc1F. The van der Waals surface area contributed by atoms with Crippen molar-refractivity contribution in [3.05, 3.63) is 59.4 Å². The average Bonchev–Trinajstić information content (AvgIpc) is 2.58. The first-order chi connectivity index (χ1) is 11.8. The predicted molar refractivity (Wildman–Crippen MR) is 93.4 cm³/mol. The van der Waals surface area contributed by atoms with Crippen molar-refractivity contribution in [1.82, 2.24) is 0 Å². The molecule has 0 aliphatic carbocycles. The number of rotatable bonds is 5. The fourth-order valence-corrected chi connectivity index (χ4v) is 2.81. The van der Waals surface area contributed by atoms with Crippen molar-refractivity contribution in [2.75, 3.05) is 11.6 Å². The van der Waals surface area contributed by atoms with Gasteiger partial charge in [-0.25, -0.2) is 9.18 Å². The van der Waals surface area contributed by atoms with Gasteiger partial charge in [-0.2, -0.15) is 0 Å². The van der Waals surface area contributed by atoms with Crippen molar-refractivity contribution in [3.63, 3.8) is 0 Å². The maximum absolute atomic E-state index is 13.5. The van der Waals surface area contributed by atoms with Crippen molar-refractivity contribution in [3.8, 4) is 0 Å². The second-order valence-corrected chi connectivity index (χ2v) is 6.80. The van der Waals surface area contributed by atoms with E-state index in [4.69, 9.17) is 4.74 Å². The van der Waals surface area contributed by atoms with Crippen LogP contribution in [0, 0.1) is 12.7 Å². The van der Waals surface area contributed by atoms with Gasteiger partial charge in [0.2, 0.25) is 0 Å². The number of ether oxygens (including phenoxy) is 1. The summed E-state index contributed by atoms with van der Waals surface area (Å²) in [5, 5.41) is 2.49. The first-order valence-corrected chi connectivity index (χ1v) is 9.06. The molecule has 0 saturated carbocycles. The second-order valence-electron chi connectivity index (χ2n) is 5.45. The Labute approximate surface area is 147 Å². The fraction of sp³-hybridized carbons (Fsp3) is 0.222. The maximum Gasteiger partial charge on any atom is 0.340 e. The molecule has 0 heterocycles. The van der Waals surface area contributed by atoms with Gasteiger partial charge in [-0.3, -0.25) is 9.00 Å². The molecule has 2 aromatic carbocycles. The molecule has 0 aliphatic rings. The van der Waals surface area contributed by atoms with Crippen molar-refractivity contribution < 1.29 is 22.9 Å². The lowest BCUT2D eigenvalue weighted by Gasteiger charge is -2.15. The summed E-state index contributed by atoms with van der Waals surface area (Å²) in [6, 6.07) is 10.6. The standard InChI is InChI=1S/C18H18FNO4S/c1-11-8-9-13(10-15(11)19)20-17(21)12(2)24-18(22)14-6-4-5-7-16(14)25(3)23/h4-10,12H,1-3H3,(H,20,21)/t12-,25-/m1/s1. The molecular formula is C18H18FNO4S. The third-order valence-electron chi connectivity index (χ3n) is 3.51. The Morgan fingerprint density at radius 1 is 1.20 bits per heavy atom. The zero-order chi connectivity index (χ0) is 18.6. The molecule has 25 heavy (non-hydrogen) atoms. The van der Waals surface area contributed by atoms with E-state index in [2.05, 4.69) is 5.32 Å². The molecule has 0 bridgehead atoms. The molecule has 2 aromatic rings. The van der Waals surface area contributed by atoms with Gasteiger partial charge in [0.25, 0.3) is 5.91 Å². The highest BCUT2D eigenvalue weighted by atomic mass is 32.2. The number of carbonyl (C=O) groups is 2. The Hall–Kier alpha value is -2.54. The summed E-state index contributed by atoms with van der Waals surface area (Å²) in [6.07, 6.45) is 0.351. The van der Waals surface area contributed by atoms with Gasteiger partial charge in [-0.15, -0.1) is 0 Å². The molecule has 7 heteroatoms. The van der Waals surface area contributed by atoms with Crippen LogP contribution in [0.4, 0.5) is 10.1 Å². The summed E-state index contributed by atoms with van der Waals surface area (Å²) in [5.74, 6) is -1.78. The Bertz CT molecular complexity index is 838. The second kappa shape index (κ2) is 8.02. The molecule has 0 aromatic heterocycles. The third-order valence-corrected chi connectivity index (χ3v) is 4.48. The highest BCUT2D eigenvalue weighted by Crippen LogP contribution is 2.16. The van der Waals surface area contributed by atoms with Crippen molar-refractivity contribution in [2.24, 2.45) is 0 Å². The quantitative estimate of drug-likeness (QED) is 0.829. The normalized spacial score (nSPS) is 13.0. The van der Waals surface area contributed by atoms with Crippen LogP contribution >= 0.6 is 0 Å². The van der Waals surface area contributed by atoms with E-state index < -0.39 is 34.6 Å². The Balaban J connectivity index is 2.07. The van der Waals surface area contributed by atoms with Gasteiger partial charge in [0.1, 0.15) is 5.82 Å². The van der Waals surface area contributed by atoms with Gasteiger partial charge in [-0.05, 0) is 43.7 Å². The lowest BCUT2D eigenvalue weighted by atomic mass is 10.2. The van der Waals surface area contributed by atoms with Crippen LogP contribution < -0.4 is 5.32 Å². The summed E-state index contributed by atoms with van der Waals surface area (Å²) in [4.78, 5) is 24.7. The van der Waals surface area contributed by atoms with E-state index in [1.807, 2.05) is 0 Å². The number of hydrogen-bond acceptors (Lipinski definition) is 4. The number of nitrogens with one attached hydrogen (secondary N) is 1. The largest absolute Gasteiger partial charge is 0.449 e. The molecule has 2 atom stereocenters. The Kier molecular flexibility index (Phi) is 6.03. The van der Waals surface area contributed by atoms with E-state index in [9.17, 15) is 18.2 Å². The minimum atomic E-state index is -1.37. The topological polar surface area (TPSA) is 72.5 Å². The van der Waals surface area contributed by atoms with Crippen LogP contribution in [0.3, 0.4) is 0 Å². The molecule has 0 saturated heterocycles. The fourth-order valence-electron chi connectivity index (χ4n) is 2.08. The molecule has 0 unspecified atom stereocenters. The van der Waals surface area contributed by atoms with Crippen molar-refractivity contribution in [1.29, 1.82) is 0 Å². The molecule has 0 aliphatic heterocycles. The highest BCUT2D eigenvalue weighted by Gasteiger charge is 2.21. The Morgan fingerprint density at radius 3 is 2.52 bits per heavy atom. The summed E-state index contributed by atoms with van der Waals surface area (Å²) in [7, 11) is -1.37. The number of anilines is 1. The summed E-state index contributed by atoms with van der Waals surface area (Å²) in [5.41, 5.74) is 0.872. The predicted octanol–water partition coefficient (Wildman–Crippen LogP) is 3.06. The number of hydrogen-bond donors (Lipinski definition) is 1. The van der Waals surface area contributed by atoms with Crippen molar-refractivity contribution >= 4 is 28.4 Å². The number of halogens is 1.